The van der Waals surface area contributed by atoms with Crippen LogP contribution in [0.3, 0.4) is 0 Å². The van der Waals surface area contributed by atoms with Gasteiger partial charge in [-0.2, -0.15) is 5.10 Å². The van der Waals surface area contributed by atoms with Crippen LogP contribution in [0.1, 0.15) is 56.9 Å². The summed E-state index contributed by atoms with van der Waals surface area (Å²) in [5, 5.41) is 16.8. The van der Waals surface area contributed by atoms with E-state index in [0.717, 1.165) is 48.4 Å². The number of hydrogen-bond donors (Lipinski definition) is 2. The summed E-state index contributed by atoms with van der Waals surface area (Å²) < 4.78 is 0. The van der Waals surface area contributed by atoms with E-state index in [-0.39, 0.29) is 5.84 Å². The van der Waals surface area contributed by atoms with Crippen LogP contribution in [-0.4, -0.2) is 28.6 Å². The summed E-state index contributed by atoms with van der Waals surface area (Å²) in [6.07, 6.45) is 5.14. The summed E-state index contributed by atoms with van der Waals surface area (Å²) >= 11 is 0. The molecule has 20 heavy (non-hydrogen) atoms. The number of nitrogen functional groups attached to an aromatic ring is 1. The Morgan fingerprint density at radius 1 is 1.25 bits per heavy atom. The highest BCUT2D eigenvalue weighted by Crippen LogP contribution is 2.33. The Kier molecular flexibility index (Phi) is 4.57. The van der Waals surface area contributed by atoms with Crippen LogP contribution in [0, 0.1) is 5.41 Å². The predicted octanol–water partition coefficient (Wildman–Crippen LogP) is 2.26. The van der Waals surface area contributed by atoms with Crippen molar-refractivity contribution in [1.29, 1.82) is 5.41 Å². The molecule has 1 aliphatic rings. The Morgan fingerprint density at radius 3 is 2.40 bits per heavy atom. The van der Waals surface area contributed by atoms with Crippen LogP contribution in [0.4, 0.5) is 5.82 Å². The van der Waals surface area contributed by atoms with Gasteiger partial charge in [-0.3, -0.25) is 5.41 Å². The van der Waals surface area contributed by atoms with Gasteiger partial charge in [-0.05, 0) is 37.7 Å². The number of aromatic nitrogens is 2. The molecule has 1 aromatic heterocycles. The molecule has 0 aliphatic heterocycles. The molecule has 1 heterocycles. The SMILES string of the molecule is CCCN(c1nnc(CC)c(CC)c1C(=N)N)C1CC1. The molecule has 1 saturated carbocycles. The van der Waals surface area contributed by atoms with E-state index >= 15 is 0 Å². The van der Waals surface area contributed by atoms with E-state index in [9.17, 15) is 0 Å². The summed E-state index contributed by atoms with van der Waals surface area (Å²) in [6.45, 7) is 7.27. The van der Waals surface area contributed by atoms with Crippen LogP contribution in [0.25, 0.3) is 0 Å². The van der Waals surface area contributed by atoms with Crippen LogP contribution >= 0.6 is 0 Å². The smallest absolute Gasteiger partial charge is 0.162 e. The summed E-state index contributed by atoms with van der Waals surface area (Å²) in [4.78, 5) is 2.29. The van der Waals surface area contributed by atoms with E-state index in [0.29, 0.717) is 6.04 Å². The molecular weight excluding hydrogens is 250 g/mol. The molecule has 0 radical (unpaired) electrons. The van der Waals surface area contributed by atoms with Crippen molar-refractivity contribution in [2.24, 2.45) is 5.73 Å². The average Bonchev–Trinajstić information content (AvgIpc) is 3.27. The standard InChI is InChI=1S/C15H25N5/c1-4-9-20(10-7-8-10)15-13(14(16)17)11(5-2)12(6-3)18-19-15/h10H,4-9H2,1-3H3,(H3,16,17). The number of nitrogens with one attached hydrogen (secondary N) is 1. The first kappa shape index (κ1) is 14.8. The molecule has 0 amide bonds. The highest BCUT2D eigenvalue weighted by Gasteiger charge is 2.32. The average molecular weight is 275 g/mol. The van der Waals surface area contributed by atoms with Gasteiger partial charge in [0.15, 0.2) is 5.82 Å². The van der Waals surface area contributed by atoms with Gasteiger partial charge in [0, 0.05) is 12.6 Å². The first-order chi connectivity index (χ1) is 9.63. The minimum atomic E-state index is 0.114. The van der Waals surface area contributed by atoms with Crippen molar-refractivity contribution in [3.05, 3.63) is 16.8 Å². The van der Waals surface area contributed by atoms with Gasteiger partial charge in [-0.15, -0.1) is 5.10 Å². The highest BCUT2D eigenvalue weighted by molar-refractivity contribution is 6.01. The zero-order valence-electron chi connectivity index (χ0n) is 12.7. The zero-order chi connectivity index (χ0) is 14.7. The molecule has 1 fully saturated rings. The lowest BCUT2D eigenvalue weighted by Crippen LogP contribution is -2.32. The van der Waals surface area contributed by atoms with Gasteiger partial charge in [0.1, 0.15) is 5.84 Å². The minimum absolute atomic E-state index is 0.114. The fourth-order valence-electron chi connectivity index (χ4n) is 2.73. The fraction of sp³-hybridized carbons (Fsp3) is 0.667. The summed E-state index contributed by atoms with van der Waals surface area (Å²) in [6, 6.07) is 0.555. The van der Waals surface area contributed by atoms with Crippen LogP contribution in [0.2, 0.25) is 0 Å². The molecular formula is C15H25N5. The number of hydrogen-bond acceptors (Lipinski definition) is 4. The Balaban J connectivity index is 2.53. The third-order valence-corrected chi connectivity index (χ3v) is 3.82. The maximum Gasteiger partial charge on any atom is 0.162 e. The first-order valence-corrected chi connectivity index (χ1v) is 7.63. The van der Waals surface area contributed by atoms with Crippen molar-refractivity contribution in [2.45, 2.75) is 58.9 Å². The first-order valence-electron chi connectivity index (χ1n) is 7.63. The van der Waals surface area contributed by atoms with Gasteiger partial charge in [0.25, 0.3) is 0 Å². The number of amidine groups is 1. The molecule has 0 aromatic carbocycles. The quantitative estimate of drug-likeness (QED) is 0.591. The van der Waals surface area contributed by atoms with Crippen molar-refractivity contribution in [3.63, 3.8) is 0 Å². The monoisotopic (exact) mass is 275 g/mol. The van der Waals surface area contributed by atoms with E-state index < -0.39 is 0 Å². The van der Waals surface area contributed by atoms with E-state index in [1.54, 1.807) is 0 Å². The second-order valence-electron chi connectivity index (χ2n) is 5.37. The summed E-state index contributed by atoms with van der Waals surface area (Å²) in [5.41, 5.74) is 8.72. The van der Waals surface area contributed by atoms with Gasteiger partial charge < -0.3 is 10.6 Å². The molecule has 5 heteroatoms. The molecule has 2 rings (SSSR count). The number of nitrogens with zero attached hydrogens (tertiary/aromatic N) is 3. The highest BCUT2D eigenvalue weighted by atomic mass is 15.3. The van der Waals surface area contributed by atoms with Gasteiger partial charge in [0.05, 0.1) is 11.3 Å². The Labute approximate surface area is 121 Å². The summed E-state index contributed by atoms with van der Waals surface area (Å²) in [5.74, 6) is 0.930. The Hall–Kier alpha value is -1.65. The van der Waals surface area contributed by atoms with Gasteiger partial charge in [0.2, 0.25) is 0 Å². The molecule has 0 unspecified atom stereocenters. The number of anilines is 1. The van der Waals surface area contributed by atoms with Crippen molar-refractivity contribution in [3.8, 4) is 0 Å². The van der Waals surface area contributed by atoms with Crippen LogP contribution < -0.4 is 10.6 Å². The van der Waals surface area contributed by atoms with Crippen LogP contribution in [0.15, 0.2) is 0 Å². The van der Waals surface area contributed by atoms with Crippen molar-refractivity contribution in [2.75, 3.05) is 11.4 Å². The van der Waals surface area contributed by atoms with Gasteiger partial charge in [-0.25, -0.2) is 0 Å². The topological polar surface area (TPSA) is 78.9 Å². The number of aryl methyl sites for hydroxylation is 1. The largest absolute Gasteiger partial charge is 0.384 e. The summed E-state index contributed by atoms with van der Waals surface area (Å²) in [7, 11) is 0. The van der Waals surface area contributed by atoms with Crippen molar-refractivity contribution >= 4 is 11.7 Å². The maximum absolute atomic E-state index is 7.96. The lowest BCUT2D eigenvalue weighted by molar-refractivity contribution is 0.729. The Morgan fingerprint density at radius 2 is 1.95 bits per heavy atom. The maximum atomic E-state index is 7.96. The fourth-order valence-corrected chi connectivity index (χ4v) is 2.73. The molecule has 0 atom stereocenters. The van der Waals surface area contributed by atoms with Gasteiger partial charge in [-0.1, -0.05) is 20.8 Å². The van der Waals surface area contributed by atoms with Crippen molar-refractivity contribution < 1.29 is 0 Å². The zero-order valence-corrected chi connectivity index (χ0v) is 12.7. The van der Waals surface area contributed by atoms with E-state index in [1.165, 1.54) is 12.8 Å². The predicted molar refractivity (Wildman–Crippen MR) is 82.5 cm³/mol. The molecule has 110 valence electrons. The minimum Gasteiger partial charge on any atom is -0.384 e. The lowest BCUT2D eigenvalue weighted by atomic mass is 10.0. The van der Waals surface area contributed by atoms with E-state index in [1.807, 2.05) is 0 Å². The molecule has 0 saturated heterocycles. The molecule has 1 aliphatic carbocycles. The Bertz CT molecular complexity index is 493. The molecule has 3 N–H and O–H groups in total. The van der Waals surface area contributed by atoms with E-state index in [2.05, 4.69) is 35.9 Å². The van der Waals surface area contributed by atoms with Crippen LogP contribution in [0.5, 0.6) is 0 Å². The van der Waals surface area contributed by atoms with Gasteiger partial charge >= 0.3 is 0 Å². The number of nitrogens with two attached hydrogens (primary N) is 1. The third-order valence-electron chi connectivity index (χ3n) is 3.82. The number of rotatable bonds is 7. The normalized spacial score (nSPS) is 14.3. The lowest BCUT2D eigenvalue weighted by Gasteiger charge is -2.26. The van der Waals surface area contributed by atoms with E-state index in [4.69, 9.17) is 11.1 Å². The van der Waals surface area contributed by atoms with Crippen molar-refractivity contribution in [1.82, 2.24) is 10.2 Å². The second-order valence-corrected chi connectivity index (χ2v) is 5.37. The third kappa shape index (κ3) is 2.76. The molecule has 0 spiro atoms. The molecule has 0 bridgehead atoms. The molecule has 1 aromatic rings. The second kappa shape index (κ2) is 6.20. The van der Waals surface area contributed by atoms with Crippen LogP contribution in [-0.2, 0) is 12.8 Å². The molecule has 5 nitrogen and oxygen atoms in total.